The van der Waals surface area contributed by atoms with Crippen molar-refractivity contribution in [1.82, 2.24) is 14.8 Å². The molecule has 2 amide bonds. The topological polar surface area (TPSA) is 84.0 Å². The number of halogens is 1. The SMILES string of the molecule is COc1ccc(C(=O)N2CCCC2c2cccc(C(=O)Nc3nc4c(s3)CC(N3CCOCC3)CC4)c2)cc1Cl. The van der Waals surface area contributed by atoms with Gasteiger partial charge in [-0.2, -0.15) is 0 Å². The number of hydrogen-bond donors (Lipinski definition) is 1. The number of likely N-dealkylation sites (tertiary alicyclic amines) is 1. The van der Waals surface area contributed by atoms with Gasteiger partial charge < -0.3 is 14.4 Å². The Morgan fingerprint density at radius 3 is 2.75 bits per heavy atom. The second kappa shape index (κ2) is 11.9. The lowest BCUT2D eigenvalue weighted by atomic mass is 9.96. The molecule has 0 bridgehead atoms. The van der Waals surface area contributed by atoms with Gasteiger partial charge in [0, 0.05) is 41.7 Å². The van der Waals surface area contributed by atoms with Crippen LogP contribution in [0.2, 0.25) is 5.02 Å². The van der Waals surface area contributed by atoms with Crippen LogP contribution in [-0.4, -0.2) is 72.6 Å². The number of methoxy groups -OCH3 is 1. The van der Waals surface area contributed by atoms with E-state index in [4.69, 9.17) is 26.1 Å². The molecule has 3 aromatic rings. The van der Waals surface area contributed by atoms with E-state index in [0.717, 1.165) is 69.7 Å². The molecule has 2 saturated heterocycles. The number of fused-ring (bicyclic) bond motifs is 1. The quantitative estimate of drug-likeness (QED) is 0.430. The Balaban J connectivity index is 1.14. The summed E-state index contributed by atoms with van der Waals surface area (Å²) in [6.07, 6.45) is 4.73. The molecule has 210 valence electrons. The van der Waals surface area contributed by atoms with Crippen molar-refractivity contribution in [3.63, 3.8) is 0 Å². The van der Waals surface area contributed by atoms with Gasteiger partial charge in [0.05, 0.1) is 37.1 Å². The summed E-state index contributed by atoms with van der Waals surface area (Å²) in [5.74, 6) is 0.272. The summed E-state index contributed by atoms with van der Waals surface area (Å²) >= 11 is 7.87. The van der Waals surface area contributed by atoms with Gasteiger partial charge in [-0.15, -0.1) is 11.3 Å². The fourth-order valence-corrected chi connectivity index (χ4v) is 7.38. The average Bonchev–Trinajstić information content (AvgIpc) is 3.64. The summed E-state index contributed by atoms with van der Waals surface area (Å²) in [6, 6.07) is 13.1. The summed E-state index contributed by atoms with van der Waals surface area (Å²) < 4.78 is 10.7. The lowest BCUT2D eigenvalue weighted by Gasteiger charge is -2.36. The van der Waals surface area contributed by atoms with Crippen molar-refractivity contribution in [2.45, 2.75) is 44.2 Å². The average molecular weight is 581 g/mol. The minimum atomic E-state index is -0.185. The third-order valence-corrected chi connectivity index (χ3v) is 9.47. The predicted octanol–water partition coefficient (Wildman–Crippen LogP) is 5.22. The molecule has 40 heavy (non-hydrogen) atoms. The van der Waals surface area contributed by atoms with Crippen molar-refractivity contribution in [3.8, 4) is 5.75 Å². The van der Waals surface area contributed by atoms with Crippen molar-refractivity contribution in [3.05, 3.63) is 74.7 Å². The molecular weight excluding hydrogens is 548 g/mol. The molecule has 3 heterocycles. The lowest BCUT2D eigenvalue weighted by molar-refractivity contribution is 0.0139. The molecule has 1 aliphatic carbocycles. The van der Waals surface area contributed by atoms with Gasteiger partial charge in [-0.05, 0) is 68.0 Å². The number of anilines is 1. The Kier molecular flexibility index (Phi) is 8.07. The van der Waals surface area contributed by atoms with Crippen LogP contribution >= 0.6 is 22.9 Å². The number of amides is 2. The van der Waals surface area contributed by atoms with E-state index in [0.29, 0.717) is 39.6 Å². The van der Waals surface area contributed by atoms with Crippen molar-refractivity contribution in [2.24, 2.45) is 0 Å². The molecule has 2 fully saturated rings. The molecule has 1 aromatic heterocycles. The summed E-state index contributed by atoms with van der Waals surface area (Å²) in [5.41, 5.74) is 3.14. The molecule has 2 aliphatic heterocycles. The number of morpholine rings is 1. The first-order valence-corrected chi connectivity index (χ1v) is 15.1. The smallest absolute Gasteiger partial charge is 0.257 e. The van der Waals surface area contributed by atoms with Crippen LogP contribution in [0.1, 0.15) is 62.2 Å². The number of thiazole rings is 1. The Morgan fingerprint density at radius 2 is 1.95 bits per heavy atom. The van der Waals surface area contributed by atoms with E-state index in [9.17, 15) is 9.59 Å². The fraction of sp³-hybridized carbons (Fsp3) is 0.433. The highest BCUT2D eigenvalue weighted by Crippen LogP contribution is 2.36. The molecule has 2 aromatic carbocycles. The number of aromatic nitrogens is 1. The Hall–Kier alpha value is -2.98. The highest BCUT2D eigenvalue weighted by Gasteiger charge is 2.32. The van der Waals surface area contributed by atoms with Crippen LogP contribution in [0.5, 0.6) is 5.75 Å². The molecule has 1 N–H and O–H groups in total. The Labute approximate surface area is 243 Å². The second-order valence-electron chi connectivity index (χ2n) is 10.5. The van der Waals surface area contributed by atoms with Gasteiger partial charge in [-0.1, -0.05) is 23.7 Å². The van der Waals surface area contributed by atoms with Crippen molar-refractivity contribution >= 4 is 39.9 Å². The molecule has 0 spiro atoms. The van der Waals surface area contributed by atoms with Gasteiger partial charge in [0.15, 0.2) is 5.13 Å². The van der Waals surface area contributed by atoms with E-state index in [1.165, 1.54) is 4.88 Å². The minimum Gasteiger partial charge on any atom is -0.495 e. The Morgan fingerprint density at radius 1 is 1.10 bits per heavy atom. The highest BCUT2D eigenvalue weighted by molar-refractivity contribution is 7.15. The van der Waals surface area contributed by atoms with E-state index in [2.05, 4.69) is 10.2 Å². The number of hydrogen-bond acceptors (Lipinski definition) is 7. The van der Waals surface area contributed by atoms with Gasteiger partial charge in [0.1, 0.15) is 5.75 Å². The van der Waals surface area contributed by atoms with Crippen LogP contribution in [0.15, 0.2) is 42.5 Å². The third kappa shape index (κ3) is 5.61. The normalized spacial score (nSPS) is 21.2. The number of carbonyl (C=O) groups is 2. The maximum Gasteiger partial charge on any atom is 0.257 e. The van der Waals surface area contributed by atoms with E-state index in [1.54, 1.807) is 36.6 Å². The molecule has 6 rings (SSSR count). The number of benzene rings is 2. The summed E-state index contributed by atoms with van der Waals surface area (Å²) in [5, 5.41) is 4.09. The first kappa shape index (κ1) is 27.2. The zero-order valence-corrected chi connectivity index (χ0v) is 24.1. The zero-order chi connectivity index (χ0) is 27.6. The largest absolute Gasteiger partial charge is 0.495 e. The molecule has 10 heteroatoms. The molecule has 0 saturated carbocycles. The lowest BCUT2D eigenvalue weighted by Crippen LogP contribution is -2.45. The molecule has 2 unspecified atom stereocenters. The van der Waals surface area contributed by atoms with Crippen LogP contribution in [0, 0.1) is 0 Å². The van der Waals surface area contributed by atoms with Crippen molar-refractivity contribution < 1.29 is 19.1 Å². The number of carbonyl (C=O) groups excluding carboxylic acids is 2. The van der Waals surface area contributed by atoms with E-state index in [1.807, 2.05) is 29.2 Å². The summed E-state index contributed by atoms with van der Waals surface area (Å²) in [7, 11) is 1.55. The van der Waals surface area contributed by atoms with Gasteiger partial charge >= 0.3 is 0 Å². The van der Waals surface area contributed by atoms with Crippen LogP contribution < -0.4 is 10.1 Å². The van der Waals surface area contributed by atoms with Gasteiger partial charge in [-0.25, -0.2) is 4.98 Å². The predicted molar refractivity (Wildman–Crippen MR) is 156 cm³/mol. The first-order valence-electron chi connectivity index (χ1n) is 13.9. The van der Waals surface area contributed by atoms with Gasteiger partial charge in [0.2, 0.25) is 0 Å². The van der Waals surface area contributed by atoms with Crippen molar-refractivity contribution in [2.75, 3.05) is 45.3 Å². The van der Waals surface area contributed by atoms with Crippen LogP contribution in [0.25, 0.3) is 0 Å². The monoisotopic (exact) mass is 580 g/mol. The fourth-order valence-electron chi connectivity index (χ4n) is 6.04. The molecule has 8 nitrogen and oxygen atoms in total. The van der Waals surface area contributed by atoms with Crippen molar-refractivity contribution in [1.29, 1.82) is 0 Å². The van der Waals surface area contributed by atoms with Crippen LogP contribution in [0.3, 0.4) is 0 Å². The minimum absolute atomic E-state index is 0.0781. The van der Waals surface area contributed by atoms with Gasteiger partial charge in [0.25, 0.3) is 11.8 Å². The molecule has 0 radical (unpaired) electrons. The second-order valence-corrected chi connectivity index (χ2v) is 12.0. The number of rotatable bonds is 6. The van der Waals surface area contributed by atoms with Gasteiger partial charge in [-0.3, -0.25) is 19.8 Å². The molecular formula is C30H33ClN4O4S. The molecule has 3 aliphatic rings. The maximum atomic E-state index is 13.4. The standard InChI is InChI=1S/C30H33ClN4O4S/c1-38-26-10-7-21(17-23(26)31)29(37)35-11-3-6-25(35)19-4-2-5-20(16-19)28(36)33-30-32-24-9-8-22(18-27(24)40-30)34-12-14-39-15-13-34/h2,4-5,7,10,16-17,22,25H,3,6,8-9,11-15,18H2,1H3,(H,32,33,36). The molecule has 2 atom stereocenters. The number of aryl methyl sites for hydroxylation is 1. The number of nitrogens with zero attached hydrogens (tertiary/aromatic N) is 3. The first-order chi connectivity index (χ1) is 19.5. The highest BCUT2D eigenvalue weighted by atomic mass is 35.5. The Bertz CT molecular complexity index is 1410. The van der Waals surface area contributed by atoms with Crippen LogP contribution in [-0.2, 0) is 17.6 Å². The maximum absolute atomic E-state index is 13.4. The van der Waals surface area contributed by atoms with E-state index in [-0.39, 0.29) is 17.9 Å². The third-order valence-electron chi connectivity index (χ3n) is 8.14. The number of ether oxygens (including phenoxy) is 2. The van der Waals surface area contributed by atoms with E-state index < -0.39 is 0 Å². The number of nitrogens with one attached hydrogen (secondary N) is 1. The van der Waals surface area contributed by atoms with Crippen LogP contribution in [0.4, 0.5) is 5.13 Å². The zero-order valence-electron chi connectivity index (χ0n) is 22.5. The van der Waals surface area contributed by atoms with E-state index >= 15 is 0 Å². The summed E-state index contributed by atoms with van der Waals surface area (Å²) in [4.78, 5) is 37.1. The summed E-state index contributed by atoms with van der Waals surface area (Å²) in [6.45, 7) is 4.22.